The first-order chi connectivity index (χ1) is 10.2. The molecule has 3 rings (SSSR count). The molecular formula is C17H20N4. The van der Waals surface area contributed by atoms with Gasteiger partial charge in [0, 0.05) is 23.1 Å². The second-order valence-corrected chi connectivity index (χ2v) is 5.32. The van der Waals surface area contributed by atoms with E-state index in [0.717, 1.165) is 13.1 Å². The van der Waals surface area contributed by atoms with Crippen LogP contribution in [0.15, 0.2) is 54.9 Å². The third-order valence-corrected chi connectivity index (χ3v) is 3.59. The molecule has 0 unspecified atom stereocenters. The molecule has 0 fully saturated rings. The van der Waals surface area contributed by atoms with Gasteiger partial charge in [0.05, 0.1) is 19.3 Å². The third kappa shape index (κ3) is 3.16. The summed E-state index contributed by atoms with van der Waals surface area (Å²) in [5.74, 6) is 0. The molecule has 0 spiro atoms. The minimum absolute atomic E-state index is 0.769. The highest BCUT2D eigenvalue weighted by molar-refractivity contribution is 5.18. The van der Waals surface area contributed by atoms with Gasteiger partial charge in [-0.05, 0) is 31.5 Å². The molecular weight excluding hydrogens is 260 g/mol. The monoisotopic (exact) mass is 280 g/mol. The van der Waals surface area contributed by atoms with E-state index in [1.165, 1.54) is 22.5 Å². The summed E-state index contributed by atoms with van der Waals surface area (Å²) in [5, 5.41) is 4.42. The average molecular weight is 280 g/mol. The van der Waals surface area contributed by atoms with E-state index in [-0.39, 0.29) is 0 Å². The van der Waals surface area contributed by atoms with E-state index in [1.54, 1.807) is 0 Å². The molecule has 108 valence electrons. The van der Waals surface area contributed by atoms with Crippen LogP contribution in [0.2, 0.25) is 0 Å². The molecule has 2 heterocycles. The van der Waals surface area contributed by atoms with Gasteiger partial charge < -0.3 is 5.43 Å². The van der Waals surface area contributed by atoms with Crippen LogP contribution in [0.4, 0.5) is 0 Å². The Bertz CT molecular complexity index is 690. The number of hydrogen-bond donors (Lipinski definition) is 1. The number of hydrogen-bond acceptors (Lipinski definition) is 2. The molecule has 21 heavy (non-hydrogen) atoms. The maximum atomic E-state index is 4.42. The summed E-state index contributed by atoms with van der Waals surface area (Å²) in [6, 6.07) is 14.6. The van der Waals surface area contributed by atoms with Gasteiger partial charge in [-0.25, -0.2) is 0 Å². The standard InChI is InChI=1S/C17H20N4/c1-14-8-9-15(2)21(14)19-11-17-10-18-20(13-17)12-16-6-4-3-5-7-16/h3-10,13,19H,11-12H2,1-2H3. The Morgan fingerprint density at radius 2 is 1.67 bits per heavy atom. The Morgan fingerprint density at radius 3 is 2.38 bits per heavy atom. The van der Waals surface area contributed by atoms with Crippen LogP contribution in [-0.4, -0.2) is 14.5 Å². The second kappa shape index (κ2) is 5.87. The van der Waals surface area contributed by atoms with Crippen LogP contribution in [0, 0.1) is 13.8 Å². The molecule has 0 aliphatic rings. The molecule has 1 N–H and O–H groups in total. The van der Waals surface area contributed by atoms with Crippen LogP contribution in [0.5, 0.6) is 0 Å². The van der Waals surface area contributed by atoms with Crippen molar-refractivity contribution in [2.75, 3.05) is 5.43 Å². The number of nitrogens with zero attached hydrogens (tertiary/aromatic N) is 3. The fraction of sp³-hybridized carbons (Fsp3) is 0.235. The Kier molecular flexibility index (Phi) is 3.77. The van der Waals surface area contributed by atoms with E-state index in [4.69, 9.17) is 0 Å². The first kappa shape index (κ1) is 13.5. The van der Waals surface area contributed by atoms with E-state index in [1.807, 2.05) is 16.9 Å². The number of nitrogens with one attached hydrogen (secondary N) is 1. The van der Waals surface area contributed by atoms with Gasteiger partial charge in [-0.3, -0.25) is 9.36 Å². The van der Waals surface area contributed by atoms with Crippen molar-refractivity contribution in [3.05, 3.63) is 77.4 Å². The van der Waals surface area contributed by atoms with Gasteiger partial charge in [0.1, 0.15) is 0 Å². The van der Waals surface area contributed by atoms with Crippen molar-refractivity contribution >= 4 is 0 Å². The topological polar surface area (TPSA) is 34.8 Å². The zero-order valence-electron chi connectivity index (χ0n) is 12.5. The molecule has 0 saturated heterocycles. The Hall–Kier alpha value is -2.49. The first-order valence-electron chi connectivity index (χ1n) is 7.16. The molecule has 0 amide bonds. The zero-order valence-corrected chi connectivity index (χ0v) is 12.5. The minimum Gasteiger partial charge on any atom is -0.321 e. The minimum atomic E-state index is 0.769. The highest BCUT2D eigenvalue weighted by Crippen LogP contribution is 2.07. The first-order valence-corrected chi connectivity index (χ1v) is 7.16. The molecule has 4 nitrogen and oxygen atoms in total. The number of aryl methyl sites for hydroxylation is 2. The van der Waals surface area contributed by atoms with Gasteiger partial charge in [-0.15, -0.1) is 0 Å². The van der Waals surface area contributed by atoms with Crippen molar-refractivity contribution in [1.29, 1.82) is 0 Å². The van der Waals surface area contributed by atoms with E-state index in [0.29, 0.717) is 0 Å². The summed E-state index contributed by atoms with van der Waals surface area (Å²) < 4.78 is 4.08. The van der Waals surface area contributed by atoms with Gasteiger partial charge >= 0.3 is 0 Å². The van der Waals surface area contributed by atoms with Crippen LogP contribution >= 0.6 is 0 Å². The van der Waals surface area contributed by atoms with Crippen LogP contribution in [0.1, 0.15) is 22.5 Å². The number of rotatable bonds is 5. The lowest BCUT2D eigenvalue weighted by Gasteiger charge is -2.11. The quantitative estimate of drug-likeness (QED) is 0.779. The molecule has 1 aromatic carbocycles. The highest BCUT2D eigenvalue weighted by Gasteiger charge is 2.02. The normalized spacial score (nSPS) is 10.8. The SMILES string of the molecule is Cc1ccc(C)n1NCc1cnn(Cc2ccccc2)c1. The summed E-state index contributed by atoms with van der Waals surface area (Å²) in [6.45, 7) is 5.77. The summed E-state index contributed by atoms with van der Waals surface area (Å²) in [4.78, 5) is 0. The lowest BCUT2D eigenvalue weighted by Crippen LogP contribution is -2.16. The molecule has 0 atom stereocenters. The van der Waals surface area contributed by atoms with Crippen molar-refractivity contribution in [2.24, 2.45) is 0 Å². The zero-order chi connectivity index (χ0) is 14.7. The van der Waals surface area contributed by atoms with E-state index < -0.39 is 0 Å². The van der Waals surface area contributed by atoms with Gasteiger partial charge in [0.15, 0.2) is 0 Å². The van der Waals surface area contributed by atoms with Crippen molar-refractivity contribution in [2.45, 2.75) is 26.9 Å². The van der Waals surface area contributed by atoms with Gasteiger partial charge in [-0.1, -0.05) is 30.3 Å². The number of benzene rings is 1. The van der Waals surface area contributed by atoms with E-state index in [9.17, 15) is 0 Å². The molecule has 0 aliphatic carbocycles. The molecule has 0 aliphatic heterocycles. The summed E-state index contributed by atoms with van der Waals surface area (Å²) >= 11 is 0. The van der Waals surface area contributed by atoms with Crippen molar-refractivity contribution in [1.82, 2.24) is 14.5 Å². The summed E-state index contributed by atoms with van der Waals surface area (Å²) in [7, 11) is 0. The fourth-order valence-electron chi connectivity index (χ4n) is 2.44. The van der Waals surface area contributed by atoms with E-state index >= 15 is 0 Å². The molecule has 4 heteroatoms. The van der Waals surface area contributed by atoms with Crippen molar-refractivity contribution in [3.63, 3.8) is 0 Å². The smallest absolute Gasteiger partial charge is 0.0659 e. The van der Waals surface area contributed by atoms with Gasteiger partial charge in [0.25, 0.3) is 0 Å². The predicted octanol–water partition coefficient (Wildman–Crippen LogP) is 3.09. The largest absolute Gasteiger partial charge is 0.321 e. The predicted molar refractivity (Wildman–Crippen MR) is 84.7 cm³/mol. The molecule has 3 aromatic rings. The maximum Gasteiger partial charge on any atom is 0.0659 e. The second-order valence-electron chi connectivity index (χ2n) is 5.32. The molecule has 2 aromatic heterocycles. The van der Waals surface area contributed by atoms with E-state index in [2.05, 4.69) is 71.6 Å². The van der Waals surface area contributed by atoms with Crippen LogP contribution in [0.25, 0.3) is 0 Å². The highest BCUT2D eigenvalue weighted by atomic mass is 15.4. The van der Waals surface area contributed by atoms with Gasteiger partial charge in [0.2, 0.25) is 0 Å². The lowest BCUT2D eigenvalue weighted by molar-refractivity contribution is 0.686. The molecule has 0 bridgehead atoms. The Balaban J connectivity index is 1.63. The molecule has 0 saturated carbocycles. The Labute approximate surface area is 125 Å². The fourth-order valence-corrected chi connectivity index (χ4v) is 2.44. The van der Waals surface area contributed by atoms with Crippen LogP contribution in [-0.2, 0) is 13.1 Å². The van der Waals surface area contributed by atoms with Crippen molar-refractivity contribution in [3.8, 4) is 0 Å². The van der Waals surface area contributed by atoms with Gasteiger partial charge in [-0.2, -0.15) is 5.10 Å². The average Bonchev–Trinajstić information content (AvgIpc) is 3.06. The lowest BCUT2D eigenvalue weighted by atomic mass is 10.2. The Morgan fingerprint density at radius 1 is 0.952 bits per heavy atom. The third-order valence-electron chi connectivity index (χ3n) is 3.59. The molecule has 0 radical (unpaired) electrons. The van der Waals surface area contributed by atoms with Crippen LogP contribution < -0.4 is 5.43 Å². The van der Waals surface area contributed by atoms with Crippen molar-refractivity contribution < 1.29 is 0 Å². The van der Waals surface area contributed by atoms with Crippen LogP contribution in [0.3, 0.4) is 0 Å². The maximum absolute atomic E-state index is 4.42. The summed E-state index contributed by atoms with van der Waals surface area (Å²) in [6.07, 6.45) is 4.01. The summed E-state index contributed by atoms with van der Waals surface area (Å²) in [5.41, 5.74) is 8.28. The number of aromatic nitrogens is 3.